The molecule has 2 aromatic rings. The van der Waals surface area contributed by atoms with E-state index in [2.05, 4.69) is 17.4 Å². The lowest BCUT2D eigenvalue weighted by Crippen LogP contribution is -2.36. The number of nitrogens with zero attached hydrogens (tertiary/aromatic N) is 2. The van der Waals surface area contributed by atoms with E-state index >= 15 is 0 Å². The second-order valence-corrected chi connectivity index (χ2v) is 7.81. The number of imide groups is 1. The molecule has 2 atom stereocenters. The molecule has 0 aliphatic carbocycles. The molecule has 2 aliphatic heterocycles. The van der Waals surface area contributed by atoms with E-state index in [-0.39, 0.29) is 17.9 Å². The van der Waals surface area contributed by atoms with Gasteiger partial charge < -0.3 is 16.0 Å². The number of anilines is 1. The van der Waals surface area contributed by atoms with Gasteiger partial charge in [-0.3, -0.25) is 9.69 Å². The standard InChI is InChI=1S/C24H28N4O2/c25-13-7-2-8-14-27-23(29)22(15-19-16-26-21-12-6-5-11-20(19)21)28(24(27)30)17-18-9-3-1-4-10-18/h1-6,8-12,19,22,26H,7,13-17,25H2/b8-2+. The van der Waals surface area contributed by atoms with E-state index in [1.54, 1.807) is 4.90 Å². The molecular formula is C24H28N4O2. The van der Waals surface area contributed by atoms with Crippen molar-refractivity contribution in [2.45, 2.75) is 31.3 Å². The molecule has 6 nitrogen and oxygen atoms in total. The SMILES string of the molecule is NCC/C=C/CN1C(=O)C(CC2CNc3ccccc32)N(Cc2ccccc2)C1=O. The average molecular weight is 405 g/mol. The third-order valence-corrected chi connectivity index (χ3v) is 5.83. The zero-order chi connectivity index (χ0) is 20.9. The highest BCUT2D eigenvalue weighted by atomic mass is 16.2. The highest BCUT2D eigenvalue weighted by Gasteiger charge is 2.45. The van der Waals surface area contributed by atoms with Crippen molar-refractivity contribution in [3.8, 4) is 0 Å². The minimum Gasteiger partial charge on any atom is -0.384 e. The van der Waals surface area contributed by atoms with Crippen molar-refractivity contribution >= 4 is 17.6 Å². The van der Waals surface area contributed by atoms with E-state index in [4.69, 9.17) is 5.73 Å². The van der Waals surface area contributed by atoms with Crippen LogP contribution in [0, 0.1) is 0 Å². The zero-order valence-corrected chi connectivity index (χ0v) is 17.0. The van der Waals surface area contributed by atoms with Crippen molar-refractivity contribution in [2.75, 3.05) is 25.0 Å². The van der Waals surface area contributed by atoms with Crippen LogP contribution in [0.15, 0.2) is 66.7 Å². The molecule has 0 radical (unpaired) electrons. The van der Waals surface area contributed by atoms with Crippen molar-refractivity contribution in [1.29, 1.82) is 0 Å². The lowest BCUT2D eigenvalue weighted by Gasteiger charge is -2.24. The minimum atomic E-state index is -0.460. The van der Waals surface area contributed by atoms with E-state index < -0.39 is 6.04 Å². The molecule has 1 saturated heterocycles. The number of nitrogens with one attached hydrogen (secondary N) is 1. The lowest BCUT2D eigenvalue weighted by atomic mass is 9.93. The predicted molar refractivity (Wildman–Crippen MR) is 118 cm³/mol. The van der Waals surface area contributed by atoms with Crippen LogP contribution in [0.25, 0.3) is 0 Å². The largest absolute Gasteiger partial charge is 0.384 e. The molecule has 3 N–H and O–H groups in total. The third-order valence-electron chi connectivity index (χ3n) is 5.83. The van der Waals surface area contributed by atoms with Crippen LogP contribution in [-0.4, -0.2) is 47.4 Å². The molecule has 2 heterocycles. The molecule has 0 spiro atoms. The molecule has 2 aromatic carbocycles. The first-order chi connectivity index (χ1) is 14.7. The van der Waals surface area contributed by atoms with Crippen molar-refractivity contribution < 1.29 is 9.59 Å². The van der Waals surface area contributed by atoms with Gasteiger partial charge in [-0.15, -0.1) is 0 Å². The van der Waals surface area contributed by atoms with Crippen molar-refractivity contribution in [3.63, 3.8) is 0 Å². The minimum absolute atomic E-state index is 0.113. The Bertz CT molecular complexity index is 928. The fraction of sp³-hybridized carbons (Fsp3) is 0.333. The van der Waals surface area contributed by atoms with Gasteiger partial charge in [0.2, 0.25) is 0 Å². The second-order valence-electron chi connectivity index (χ2n) is 7.81. The molecule has 3 amide bonds. The first kappa shape index (κ1) is 20.2. The van der Waals surface area contributed by atoms with Gasteiger partial charge >= 0.3 is 6.03 Å². The van der Waals surface area contributed by atoms with Gasteiger partial charge in [0.1, 0.15) is 6.04 Å². The number of hydrogen-bond acceptors (Lipinski definition) is 4. The van der Waals surface area contributed by atoms with Crippen molar-refractivity contribution in [2.24, 2.45) is 5.73 Å². The Labute approximate surface area is 177 Å². The van der Waals surface area contributed by atoms with Crippen molar-refractivity contribution in [3.05, 3.63) is 77.9 Å². The van der Waals surface area contributed by atoms with Crippen LogP contribution in [0.3, 0.4) is 0 Å². The number of hydrogen-bond donors (Lipinski definition) is 2. The molecule has 0 bridgehead atoms. The summed E-state index contributed by atoms with van der Waals surface area (Å²) in [4.78, 5) is 29.5. The van der Waals surface area contributed by atoms with E-state index in [0.717, 1.165) is 24.2 Å². The summed E-state index contributed by atoms with van der Waals surface area (Å²) in [5.41, 5.74) is 8.89. The normalized spacial score (nSPS) is 20.8. The van der Waals surface area contributed by atoms with Crippen LogP contribution in [-0.2, 0) is 11.3 Å². The Hall–Kier alpha value is -3.12. The highest BCUT2D eigenvalue weighted by molar-refractivity contribution is 6.04. The molecule has 2 aliphatic rings. The number of urea groups is 1. The maximum absolute atomic E-state index is 13.3. The number of amides is 3. The van der Waals surface area contributed by atoms with Gasteiger partial charge in [-0.05, 0) is 36.6 Å². The number of benzene rings is 2. The zero-order valence-electron chi connectivity index (χ0n) is 17.0. The van der Waals surface area contributed by atoms with Gasteiger partial charge in [0, 0.05) is 31.2 Å². The number of nitrogens with two attached hydrogens (primary N) is 1. The highest BCUT2D eigenvalue weighted by Crippen LogP contribution is 2.37. The molecule has 2 unspecified atom stereocenters. The van der Waals surface area contributed by atoms with Crippen LogP contribution in [0.2, 0.25) is 0 Å². The summed E-state index contributed by atoms with van der Waals surface area (Å²) in [7, 11) is 0. The number of fused-ring (bicyclic) bond motifs is 1. The Kier molecular flexibility index (Phi) is 6.14. The summed E-state index contributed by atoms with van der Waals surface area (Å²) in [6, 6.07) is 17.4. The molecular weight excluding hydrogens is 376 g/mol. The molecule has 4 rings (SSSR count). The van der Waals surface area contributed by atoms with Crippen LogP contribution in [0.4, 0.5) is 10.5 Å². The van der Waals surface area contributed by atoms with Gasteiger partial charge in [0.05, 0.1) is 0 Å². The number of carbonyl (C=O) groups is 2. The van der Waals surface area contributed by atoms with Gasteiger partial charge in [-0.2, -0.15) is 0 Å². The maximum Gasteiger partial charge on any atom is 0.328 e. The number of rotatable bonds is 8. The topological polar surface area (TPSA) is 78.7 Å². The summed E-state index contributed by atoms with van der Waals surface area (Å²) < 4.78 is 0. The fourth-order valence-corrected chi connectivity index (χ4v) is 4.28. The third kappa shape index (κ3) is 4.09. The molecule has 0 aromatic heterocycles. The number of para-hydroxylation sites is 1. The predicted octanol–water partition coefficient (Wildman–Crippen LogP) is 3.32. The fourth-order valence-electron chi connectivity index (χ4n) is 4.28. The maximum atomic E-state index is 13.3. The van der Waals surface area contributed by atoms with E-state index in [1.807, 2.05) is 54.6 Å². The summed E-state index contributed by atoms with van der Waals surface area (Å²) in [5.74, 6) is 0.0895. The quantitative estimate of drug-likeness (QED) is 0.523. The molecule has 30 heavy (non-hydrogen) atoms. The van der Waals surface area contributed by atoms with Gasteiger partial charge in [0.25, 0.3) is 5.91 Å². The first-order valence-electron chi connectivity index (χ1n) is 10.5. The lowest BCUT2D eigenvalue weighted by molar-refractivity contribution is -0.128. The van der Waals surface area contributed by atoms with E-state index in [9.17, 15) is 9.59 Å². The molecule has 156 valence electrons. The number of carbonyl (C=O) groups excluding carboxylic acids is 2. The van der Waals surface area contributed by atoms with Crippen molar-refractivity contribution in [1.82, 2.24) is 9.80 Å². The second kappa shape index (κ2) is 9.13. The summed E-state index contributed by atoms with van der Waals surface area (Å²) in [6.07, 6.45) is 5.13. The Morgan fingerprint density at radius 1 is 1.03 bits per heavy atom. The Morgan fingerprint density at radius 3 is 2.60 bits per heavy atom. The summed E-state index contributed by atoms with van der Waals surface area (Å²) >= 11 is 0. The van der Waals surface area contributed by atoms with Crippen LogP contribution in [0.5, 0.6) is 0 Å². The molecule has 1 fully saturated rings. The van der Waals surface area contributed by atoms with Gasteiger partial charge in [-0.1, -0.05) is 60.7 Å². The first-order valence-corrected chi connectivity index (χ1v) is 10.5. The Balaban J connectivity index is 1.56. The van der Waals surface area contributed by atoms with E-state index in [1.165, 1.54) is 10.5 Å². The monoisotopic (exact) mass is 404 g/mol. The van der Waals surface area contributed by atoms with E-state index in [0.29, 0.717) is 26.1 Å². The summed E-state index contributed by atoms with van der Waals surface area (Å²) in [6.45, 7) is 2.06. The van der Waals surface area contributed by atoms with Crippen LogP contribution >= 0.6 is 0 Å². The smallest absolute Gasteiger partial charge is 0.328 e. The van der Waals surface area contributed by atoms with Crippen LogP contribution < -0.4 is 11.1 Å². The average Bonchev–Trinajstić information content (AvgIpc) is 3.27. The van der Waals surface area contributed by atoms with Gasteiger partial charge in [0.15, 0.2) is 0 Å². The summed E-state index contributed by atoms with van der Waals surface area (Å²) in [5, 5.41) is 3.42. The van der Waals surface area contributed by atoms with Gasteiger partial charge in [-0.25, -0.2) is 4.79 Å². The Morgan fingerprint density at radius 2 is 1.80 bits per heavy atom. The van der Waals surface area contributed by atoms with Crippen LogP contribution in [0.1, 0.15) is 29.9 Å². The molecule has 6 heteroatoms. The molecule has 0 saturated carbocycles.